The lowest BCUT2D eigenvalue weighted by Crippen LogP contribution is -2.47. The highest BCUT2D eigenvalue weighted by molar-refractivity contribution is 5.93. The highest BCUT2D eigenvalue weighted by Crippen LogP contribution is 2.22. The summed E-state index contributed by atoms with van der Waals surface area (Å²) in [5.41, 5.74) is -0.221. The number of carbonyl (C=O) groups is 2. The zero-order chi connectivity index (χ0) is 26.3. The van der Waals surface area contributed by atoms with E-state index < -0.39 is 22.5 Å². The third-order valence-corrected chi connectivity index (χ3v) is 6.22. The number of para-hydroxylation sites is 2. The minimum Gasteiger partial charge on any atom is -0.508 e. The number of H-pyrrole nitrogens is 1. The molecule has 0 aliphatic heterocycles. The van der Waals surface area contributed by atoms with Gasteiger partial charge in [0.15, 0.2) is 5.69 Å². The lowest BCUT2D eigenvalue weighted by Gasteiger charge is -2.33. The van der Waals surface area contributed by atoms with Crippen LogP contribution in [0.25, 0.3) is 11.0 Å². The molecule has 0 bridgehead atoms. The van der Waals surface area contributed by atoms with Crippen molar-refractivity contribution in [1.82, 2.24) is 20.6 Å². The zero-order valence-electron chi connectivity index (χ0n) is 21.2. The number of aromatic nitrogens is 2. The van der Waals surface area contributed by atoms with Crippen molar-refractivity contribution < 1.29 is 19.4 Å². The first kappa shape index (κ1) is 26.9. The van der Waals surface area contributed by atoms with Crippen LogP contribution in [-0.2, 0) is 16.0 Å². The van der Waals surface area contributed by atoms with Crippen LogP contribution in [0.1, 0.15) is 50.2 Å². The van der Waals surface area contributed by atoms with E-state index in [-0.39, 0.29) is 30.5 Å². The molecular weight excluding hydrogens is 460 g/mol. The van der Waals surface area contributed by atoms with Crippen molar-refractivity contribution in [3.8, 4) is 5.75 Å². The molecule has 3 aromatic rings. The van der Waals surface area contributed by atoms with Crippen LogP contribution in [0, 0.1) is 5.41 Å². The van der Waals surface area contributed by atoms with E-state index in [1.54, 1.807) is 50.2 Å². The van der Waals surface area contributed by atoms with Crippen LogP contribution in [-0.4, -0.2) is 52.2 Å². The molecule has 0 spiro atoms. The molecule has 0 aliphatic carbocycles. The molecule has 1 heterocycles. The van der Waals surface area contributed by atoms with Crippen LogP contribution >= 0.6 is 0 Å². The number of phenols is 1. The number of nitrogens with zero attached hydrogens (tertiary/aromatic N) is 1. The maximum Gasteiger partial charge on any atom is 0.280 e. The van der Waals surface area contributed by atoms with Gasteiger partial charge in [0.1, 0.15) is 5.75 Å². The molecule has 1 atom stereocenters. The summed E-state index contributed by atoms with van der Waals surface area (Å²) in [4.78, 5) is 44.7. The second-order valence-corrected chi connectivity index (χ2v) is 9.76. The number of benzene rings is 2. The number of nitrogens with one attached hydrogen (secondary N) is 3. The topological polar surface area (TPSA) is 133 Å². The number of ether oxygens (including phenoxy) is 1. The van der Waals surface area contributed by atoms with Gasteiger partial charge in [-0.05, 0) is 63.4 Å². The van der Waals surface area contributed by atoms with Gasteiger partial charge < -0.3 is 25.5 Å². The standard InChI is InChI=1S/C27H34N4O5/c1-5-27(4,16-29-23(33)22-24(34)31-21-9-7-6-8-20(21)30-22)36-17-26(2,3)25(35)28-15-14-18-10-12-19(32)13-11-18/h6-13,32H,5,14-17H2,1-4H3,(H,28,35)(H,29,33)(H,31,34). The fourth-order valence-electron chi connectivity index (χ4n) is 3.45. The van der Waals surface area contributed by atoms with Crippen molar-refractivity contribution in [2.45, 2.75) is 46.1 Å². The Morgan fingerprint density at radius 3 is 2.44 bits per heavy atom. The van der Waals surface area contributed by atoms with Gasteiger partial charge in [-0.25, -0.2) is 4.98 Å². The molecule has 2 aromatic carbocycles. The van der Waals surface area contributed by atoms with Gasteiger partial charge in [0.2, 0.25) is 5.91 Å². The molecule has 2 amide bonds. The molecule has 36 heavy (non-hydrogen) atoms. The summed E-state index contributed by atoms with van der Waals surface area (Å²) in [5, 5.41) is 15.1. The summed E-state index contributed by atoms with van der Waals surface area (Å²) in [6.45, 7) is 8.14. The summed E-state index contributed by atoms with van der Waals surface area (Å²) < 4.78 is 6.12. The van der Waals surface area contributed by atoms with Crippen molar-refractivity contribution in [1.29, 1.82) is 0 Å². The number of rotatable bonds is 11. The Kier molecular flexibility index (Phi) is 8.47. The van der Waals surface area contributed by atoms with E-state index in [9.17, 15) is 19.5 Å². The number of hydrogen-bond donors (Lipinski definition) is 4. The van der Waals surface area contributed by atoms with E-state index in [4.69, 9.17) is 4.74 Å². The summed E-state index contributed by atoms with van der Waals surface area (Å²) in [6.07, 6.45) is 1.22. The highest BCUT2D eigenvalue weighted by Gasteiger charge is 2.33. The van der Waals surface area contributed by atoms with Gasteiger partial charge in [-0.1, -0.05) is 31.2 Å². The predicted octanol–water partition coefficient (Wildman–Crippen LogP) is 2.93. The van der Waals surface area contributed by atoms with Gasteiger partial charge in [0, 0.05) is 13.1 Å². The summed E-state index contributed by atoms with van der Waals surface area (Å²) in [7, 11) is 0. The number of hydrogen-bond acceptors (Lipinski definition) is 6. The number of amides is 2. The number of fused-ring (bicyclic) bond motifs is 1. The van der Waals surface area contributed by atoms with Gasteiger partial charge in [-0.15, -0.1) is 0 Å². The smallest absolute Gasteiger partial charge is 0.280 e. The van der Waals surface area contributed by atoms with Gasteiger partial charge >= 0.3 is 0 Å². The molecule has 1 unspecified atom stereocenters. The zero-order valence-corrected chi connectivity index (χ0v) is 21.2. The molecule has 192 valence electrons. The van der Waals surface area contributed by atoms with Crippen molar-refractivity contribution in [2.75, 3.05) is 19.7 Å². The van der Waals surface area contributed by atoms with E-state index in [1.807, 2.05) is 26.0 Å². The van der Waals surface area contributed by atoms with E-state index in [0.29, 0.717) is 30.4 Å². The van der Waals surface area contributed by atoms with Gasteiger partial charge in [0.25, 0.3) is 11.5 Å². The SMILES string of the molecule is CCC(C)(CNC(=O)c1nc2ccccc2[nH]c1=O)OCC(C)(C)C(=O)NCCc1ccc(O)cc1. The van der Waals surface area contributed by atoms with Crippen LogP contribution in [0.3, 0.4) is 0 Å². The Morgan fingerprint density at radius 2 is 1.75 bits per heavy atom. The minimum atomic E-state index is -0.799. The fraction of sp³-hybridized carbons (Fsp3) is 0.407. The van der Waals surface area contributed by atoms with Crippen molar-refractivity contribution >= 4 is 22.8 Å². The molecular formula is C27H34N4O5. The number of carbonyl (C=O) groups excluding carboxylic acids is 2. The van der Waals surface area contributed by atoms with Crippen LogP contribution in [0.2, 0.25) is 0 Å². The summed E-state index contributed by atoms with van der Waals surface area (Å²) in [5.74, 6) is -0.524. The molecule has 0 aliphatic rings. The van der Waals surface area contributed by atoms with Crippen LogP contribution < -0.4 is 16.2 Å². The Bertz CT molecular complexity index is 1270. The Hall–Kier alpha value is -3.72. The minimum absolute atomic E-state index is 0.143. The van der Waals surface area contributed by atoms with Crippen molar-refractivity contribution in [3.63, 3.8) is 0 Å². The first-order valence-corrected chi connectivity index (χ1v) is 12.0. The van der Waals surface area contributed by atoms with E-state index in [0.717, 1.165) is 5.56 Å². The second kappa shape index (κ2) is 11.3. The fourth-order valence-corrected chi connectivity index (χ4v) is 3.45. The molecule has 1 aromatic heterocycles. The molecule has 9 heteroatoms. The van der Waals surface area contributed by atoms with Crippen LogP contribution in [0.4, 0.5) is 0 Å². The van der Waals surface area contributed by atoms with Gasteiger partial charge in [-0.3, -0.25) is 14.4 Å². The normalized spacial score (nSPS) is 13.2. The first-order valence-electron chi connectivity index (χ1n) is 12.0. The van der Waals surface area contributed by atoms with Crippen LogP contribution in [0.5, 0.6) is 5.75 Å². The van der Waals surface area contributed by atoms with E-state index >= 15 is 0 Å². The summed E-state index contributed by atoms with van der Waals surface area (Å²) >= 11 is 0. The third kappa shape index (κ3) is 6.91. The average Bonchev–Trinajstić information content (AvgIpc) is 2.86. The predicted molar refractivity (Wildman–Crippen MR) is 138 cm³/mol. The first-order chi connectivity index (χ1) is 17.0. The average molecular weight is 495 g/mol. The van der Waals surface area contributed by atoms with Crippen LogP contribution in [0.15, 0.2) is 53.3 Å². The highest BCUT2D eigenvalue weighted by atomic mass is 16.5. The molecule has 3 rings (SSSR count). The van der Waals surface area contributed by atoms with Gasteiger partial charge in [0.05, 0.1) is 28.7 Å². The second-order valence-electron chi connectivity index (χ2n) is 9.76. The molecule has 0 saturated carbocycles. The largest absolute Gasteiger partial charge is 0.508 e. The van der Waals surface area contributed by atoms with E-state index in [1.165, 1.54) is 0 Å². The quantitative estimate of drug-likeness (QED) is 0.324. The molecule has 9 nitrogen and oxygen atoms in total. The maximum atomic E-state index is 12.8. The molecule has 4 N–H and O–H groups in total. The van der Waals surface area contributed by atoms with Gasteiger partial charge in [-0.2, -0.15) is 0 Å². The van der Waals surface area contributed by atoms with E-state index in [2.05, 4.69) is 20.6 Å². The maximum absolute atomic E-state index is 12.8. The Labute approximate surface area is 210 Å². The molecule has 0 radical (unpaired) electrons. The third-order valence-electron chi connectivity index (χ3n) is 6.22. The number of aromatic hydroxyl groups is 1. The van der Waals surface area contributed by atoms with Crippen molar-refractivity contribution in [2.24, 2.45) is 5.41 Å². The lowest BCUT2D eigenvalue weighted by molar-refractivity contribution is -0.137. The van der Waals surface area contributed by atoms with Crippen molar-refractivity contribution in [3.05, 3.63) is 70.1 Å². The Balaban J connectivity index is 1.53. The molecule has 0 fully saturated rings. The monoisotopic (exact) mass is 494 g/mol. The lowest BCUT2D eigenvalue weighted by atomic mass is 9.92. The Morgan fingerprint density at radius 1 is 1.06 bits per heavy atom. The summed E-state index contributed by atoms with van der Waals surface area (Å²) in [6, 6.07) is 13.9. The molecule has 0 saturated heterocycles. The number of aromatic amines is 1. The number of phenolic OH excluding ortho intramolecular Hbond substituents is 1.